The highest BCUT2D eigenvalue weighted by Gasteiger charge is 2.28. The van der Waals surface area contributed by atoms with E-state index in [-0.39, 0.29) is 12.1 Å². The van der Waals surface area contributed by atoms with Gasteiger partial charge in [0.25, 0.3) is 0 Å². The van der Waals surface area contributed by atoms with E-state index in [4.69, 9.17) is 20.2 Å². The minimum Gasteiger partial charge on any atom is -0.482 e. The van der Waals surface area contributed by atoms with Gasteiger partial charge in [0.15, 0.2) is 0 Å². The zero-order valence-electron chi connectivity index (χ0n) is 21.4. The molecule has 3 aromatic rings. The van der Waals surface area contributed by atoms with Crippen molar-refractivity contribution in [2.75, 3.05) is 26.3 Å². The van der Waals surface area contributed by atoms with Crippen LogP contribution in [-0.2, 0) is 4.74 Å². The summed E-state index contributed by atoms with van der Waals surface area (Å²) in [5, 5.41) is 14.1. The number of nitrogens with zero attached hydrogens (tertiary/aromatic N) is 6. The maximum Gasteiger partial charge on any atom is 0.148 e. The SMILES string of the molecule is CC(=N[C@H]1CCCN(C2COC2)CC1)/C(=C\N)c1cc(O[C@H](C)c2ccccn2)c2c(C#N)cnn2c1. The van der Waals surface area contributed by atoms with Crippen LogP contribution in [0, 0.1) is 11.3 Å². The largest absolute Gasteiger partial charge is 0.482 e. The number of ether oxygens (including phenoxy) is 2. The fraction of sp³-hybridized carbons (Fsp3) is 0.429. The van der Waals surface area contributed by atoms with E-state index in [1.165, 1.54) is 0 Å². The average molecular weight is 500 g/mol. The van der Waals surface area contributed by atoms with Gasteiger partial charge in [-0.25, -0.2) is 4.52 Å². The first-order valence-electron chi connectivity index (χ1n) is 12.8. The van der Waals surface area contributed by atoms with Gasteiger partial charge in [-0.3, -0.25) is 14.9 Å². The molecule has 0 aliphatic carbocycles. The number of nitriles is 1. The maximum atomic E-state index is 9.66. The van der Waals surface area contributed by atoms with Crippen molar-refractivity contribution in [3.8, 4) is 11.8 Å². The first kappa shape index (κ1) is 24.9. The molecule has 0 bridgehead atoms. The monoisotopic (exact) mass is 499 g/mol. The lowest BCUT2D eigenvalue weighted by atomic mass is 10.0. The van der Waals surface area contributed by atoms with Gasteiger partial charge in [-0.2, -0.15) is 10.4 Å². The van der Waals surface area contributed by atoms with Crippen LogP contribution in [0.1, 0.15) is 56.0 Å². The number of likely N-dealkylation sites (tertiary alicyclic amines) is 1. The summed E-state index contributed by atoms with van der Waals surface area (Å²) in [6.45, 7) is 7.78. The second-order valence-corrected chi connectivity index (χ2v) is 9.68. The van der Waals surface area contributed by atoms with Crippen molar-refractivity contribution in [3.63, 3.8) is 0 Å². The number of aromatic nitrogens is 3. The smallest absolute Gasteiger partial charge is 0.148 e. The quantitative estimate of drug-likeness (QED) is 0.492. The van der Waals surface area contributed by atoms with Crippen molar-refractivity contribution in [1.82, 2.24) is 19.5 Å². The molecule has 2 saturated heterocycles. The molecule has 0 spiro atoms. The molecule has 3 aromatic heterocycles. The van der Waals surface area contributed by atoms with Gasteiger partial charge < -0.3 is 15.2 Å². The number of pyridine rings is 2. The van der Waals surface area contributed by atoms with Crippen molar-refractivity contribution < 1.29 is 9.47 Å². The number of rotatable bonds is 7. The molecule has 9 heteroatoms. The summed E-state index contributed by atoms with van der Waals surface area (Å²) in [4.78, 5) is 12.1. The molecule has 2 N–H and O–H groups in total. The molecule has 5 heterocycles. The summed E-state index contributed by atoms with van der Waals surface area (Å²) >= 11 is 0. The Morgan fingerprint density at radius 3 is 2.89 bits per heavy atom. The minimum absolute atomic E-state index is 0.250. The second-order valence-electron chi connectivity index (χ2n) is 9.68. The fourth-order valence-corrected chi connectivity index (χ4v) is 5.07. The van der Waals surface area contributed by atoms with Crippen molar-refractivity contribution in [3.05, 3.63) is 65.9 Å². The standard InChI is InChI=1S/C28H33N7O2/c1-19(33-23-6-5-10-34(11-8-23)24-17-36-18-24)25(14-30)21-12-27(28-22(13-29)15-32-35(28)16-21)37-20(2)26-7-3-4-9-31-26/h3-4,7,9,12,14-16,20,23-24H,5-6,8,10-11,17-18,30H2,1-2H3/b25-14+,33-19?/t20-,23+/m1/s1. The van der Waals surface area contributed by atoms with E-state index in [9.17, 15) is 5.26 Å². The average Bonchev–Trinajstić information content (AvgIpc) is 3.17. The molecule has 0 amide bonds. The van der Waals surface area contributed by atoms with Crippen LogP contribution >= 0.6 is 0 Å². The molecular formula is C28H33N7O2. The molecule has 0 aromatic carbocycles. The number of nitrogens with two attached hydrogens (primary N) is 1. The van der Waals surface area contributed by atoms with Gasteiger partial charge >= 0.3 is 0 Å². The summed E-state index contributed by atoms with van der Waals surface area (Å²) in [6.07, 6.45) is 9.63. The zero-order chi connectivity index (χ0) is 25.8. The van der Waals surface area contributed by atoms with Crippen molar-refractivity contribution in [1.29, 1.82) is 5.26 Å². The van der Waals surface area contributed by atoms with Crippen molar-refractivity contribution in [2.45, 2.75) is 51.3 Å². The molecule has 2 atom stereocenters. The highest BCUT2D eigenvalue weighted by Crippen LogP contribution is 2.32. The highest BCUT2D eigenvalue weighted by atomic mass is 16.5. The first-order valence-corrected chi connectivity index (χ1v) is 12.8. The Kier molecular flexibility index (Phi) is 7.49. The van der Waals surface area contributed by atoms with E-state index in [0.29, 0.717) is 22.9 Å². The van der Waals surface area contributed by atoms with E-state index in [1.54, 1.807) is 23.1 Å². The summed E-state index contributed by atoms with van der Waals surface area (Å²) in [5.74, 6) is 0.546. The Hall–Kier alpha value is -3.74. The van der Waals surface area contributed by atoms with E-state index < -0.39 is 0 Å². The molecule has 5 rings (SSSR count). The Bertz CT molecular complexity index is 1340. The zero-order valence-corrected chi connectivity index (χ0v) is 21.4. The normalized spacial score (nSPS) is 20.7. The van der Waals surface area contributed by atoms with Crippen LogP contribution in [0.25, 0.3) is 11.1 Å². The Labute approximate surface area is 217 Å². The summed E-state index contributed by atoms with van der Waals surface area (Å²) < 4.78 is 13.4. The predicted octanol–water partition coefficient (Wildman–Crippen LogP) is 3.75. The predicted molar refractivity (Wildman–Crippen MR) is 142 cm³/mol. The van der Waals surface area contributed by atoms with Gasteiger partial charge in [0.1, 0.15) is 29.0 Å². The number of aliphatic imine (C=N–C) groups is 1. The van der Waals surface area contributed by atoms with Gasteiger partial charge in [0.2, 0.25) is 0 Å². The van der Waals surface area contributed by atoms with E-state index in [2.05, 4.69) is 21.1 Å². The Morgan fingerprint density at radius 1 is 1.32 bits per heavy atom. The topological polar surface area (TPSA) is 114 Å². The molecule has 2 aliphatic rings. The third-order valence-electron chi connectivity index (χ3n) is 7.22. The van der Waals surface area contributed by atoms with Crippen LogP contribution < -0.4 is 10.5 Å². The maximum absolute atomic E-state index is 9.66. The molecular weight excluding hydrogens is 466 g/mol. The second kappa shape index (κ2) is 11.1. The fourth-order valence-electron chi connectivity index (χ4n) is 5.07. The molecule has 192 valence electrons. The highest BCUT2D eigenvalue weighted by molar-refractivity contribution is 6.22. The molecule has 9 nitrogen and oxygen atoms in total. The van der Waals surface area contributed by atoms with Gasteiger partial charge in [0.05, 0.1) is 37.2 Å². The molecule has 2 fully saturated rings. The summed E-state index contributed by atoms with van der Waals surface area (Å²) in [7, 11) is 0. The van der Waals surface area contributed by atoms with Gasteiger partial charge in [-0.05, 0) is 57.9 Å². The van der Waals surface area contributed by atoms with Gasteiger partial charge in [0, 0.05) is 42.0 Å². The van der Waals surface area contributed by atoms with Crippen LogP contribution in [0.15, 0.2) is 54.0 Å². The lowest BCUT2D eigenvalue weighted by molar-refractivity contribution is -0.0637. The first-order chi connectivity index (χ1) is 18.1. The molecule has 37 heavy (non-hydrogen) atoms. The molecule has 0 unspecified atom stereocenters. The third-order valence-corrected chi connectivity index (χ3v) is 7.22. The molecule has 0 radical (unpaired) electrons. The van der Waals surface area contributed by atoms with Crippen molar-refractivity contribution in [2.24, 2.45) is 10.7 Å². The van der Waals surface area contributed by atoms with Gasteiger partial charge in [-0.1, -0.05) is 6.07 Å². The van der Waals surface area contributed by atoms with Crippen molar-refractivity contribution >= 4 is 16.8 Å². The Balaban J connectivity index is 1.42. The van der Waals surface area contributed by atoms with E-state index >= 15 is 0 Å². The number of hydrogen-bond acceptors (Lipinski definition) is 8. The number of fused-ring (bicyclic) bond motifs is 1. The van der Waals surface area contributed by atoms with Crippen LogP contribution in [0.3, 0.4) is 0 Å². The lowest BCUT2D eigenvalue weighted by Crippen LogP contribution is -2.49. The molecule has 2 aliphatic heterocycles. The minimum atomic E-state index is -0.322. The van der Waals surface area contributed by atoms with E-state index in [1.807, 2.05) is 44.3 Å². The summed E-state index contributed by atoms with van der Waals surface area (Å²) in [5.41, 5.74) is 10.5. The van der Waals surface area contributed by atoms with Gasteiger partial charge in [-0.15, -0.1) is 0 Å². The number of allylic oxidation sites excluding steroid dienone is 1. The van der Waals surface area contributed by atoms with Crippen LogP contribution in [0.2, 0.25) is 0 Å². The van der Waals surface area contributed by atoms with Crippen LogP contribution in [0.4, 0.5) is 0 Å². The van der Waals surface area contributed by atoms with E-state index in [0.717, 1.165) is 68.1 Å². The number of hydrogen-bond donors (Lipinski definition) is 1. The third kappa shape index (κ3) is 5.36. The van der Waals surface area contributed by atoms with Crippen LogP contribution in [0.5, 0.6) is 5.75 Å². The summed E-state index contributed by atoms with van der Waals surface area (Å²) in [6, 6.07) is 10.7. The Morgan fingerprint density at radius 2 is 2.19 bits per heavy atom. The van der Waals surface area contributed by atoms with Crippen LogP contribution in [-0.4, -0.2) is 63.6 Å². The lowest BCUT2D eigenvalue weighted by Gasteiger charge is -2.36. The molecule has 0 saturated carbocycles.